The van der Waals surface area contributed by atoms with Crippen molar-refractivity contribution in [3.8, 4) is 0 Å². The van der Waals surface area contributed by atoms with Crippen LogP contribution in [0.4, 0.5) is 0 Å². The first-order valence-corrected chi connectivity index (χ1v) is 5.98. The van der Waals surface area contributed by atoms with E-state index in [1.165, 1.54) is 0 Å². The first-order valence-electron chi connectivity index (χ1n) is 4.59. The summed E-state index contributed by atoms with van der Waals surface area (Å²) < 4.78 is 20.8. The van der Waals surface area contributed by atoms with Gasteiger partial charge in [-0.25, -0.2) is 0 Å². The van der Waals surface area contributed by atoms with Crippen molar-refractivity contribution < 1.29 is 18.6 Å². The Balaban J connectivity index is 3.76. The quantitative estimate of drug-likeness (QED) is 0.416. The van der Waals surface area contributed by atoms with Crippen molar-refractivity contribution >= 4 is 14.0 Å². The molecule has 4 nitrogen and oxygen atoms in total. The van der Waals surface area contributed by atoms with Crippen LogP contribution in [-0.4, -0.2) is 18.4 Å². The lowest BCUT2D eigenvalue weighted by molar-refractivity contribution is -0.159. The molecule has 0 aromatic carbocycles. The largest absolute Gasteiger partial charge is 0.438 e. The van der Waals surface area contributed by atoms with E-state index in [-0.39, 0.29) is 18.4 Å². The molecule has 14 heavy (non-hydrogen) atoms. The number of carbonyl (C=O) groups is 1. The standard InChI is InChI=1S/C9H19O4P/c1-7(2)14(11)13-6-12-8(10)9(3,4)5/h7,14H,6H2,1-5H3. The Morgan fingerprint density at radius 2 is 1.86 bits per heavy atom. The average Bonchev–Trinajstić information content (AvgIpc) is 2.01. The third-order valence-corrected chi connectivity index (χ3v) is 2.82. The fraction of sp³-hybridized carbons (Fsp3) is 0.889. The van der Waals surface area contributed by atoms with Crippen LogP contribution >= 0.6 is 8.03 Å². The van der Waals surface area contributed by atoms with E-state index in [9.17, 15) is 9.36 Å². The molecule has 0 N–H and O–H groups in total. The molecule has 0 aromatic heterocycles. The number of ether oxygens (including phenoxy) is 1. The van der Waals surface area contributed by atoms with Gasteiger partial charge < -0.3 is 4.74 Å². The normalized spacial score (nSPS) is 14.1. The van der Waals surface area contributed by atoms with E-state index in [1.54, 1.807) is 34.6 Å². The fourth-order valence-electron chi connectivity index (χ4n) is 0.524. The molecule has 0 bridgehead atoms. The Labute approximate surface area is 85.8 Å². The lowest BCUT2D eigenvalue weighted by Crippen LogP contribution is -2.23. The van der Waals surface area contributed by atoms with Gasteiger partial charge in [0.05, 0.1) is 5.41 Å². The van der Waals surface area contributed by atoms with Gasteiger partial charge in [-0.3, -0.25) is 13.9 Å². The zero-order valence-electron chi connectivity index (χ0n) is 9.42. The highest BCUT2D eigenvalue weighted by Crippen LogP contribution is 2.28. The van der Waals surface area contributed by atoms with Crippen LogP contribution in [-0.2, 0) is 18.6 Å². The van der Waals surface area contributed by atoms with Gasteiger partial charge in [0.1, 0.15) is 0 Å². The molecule has 0 aliphatic rings. The monoisotopic (exact) mass is 222 g/mol. The van der Waals surface area contributed by atoms with Crippen LogP contribution in [0, 0.1) is 5.41 Å². The summed E-state index contributed by atoms with van der Waals surface area (Å²) in [5, 5.41) is 0. The van der Waals surface area contributed by atoms with E-state index in [1.807, 2.05) is 0 Å². The van der Waals surface area contributed by atoms with Crippen molar-refractivity contribution in [2.45, 2.75) is 40.3 Å². The summed E-state index contributed by atoms with van der Waals surface area (Å²) in [6.45, 7) is 8.63. The molecule has 1 unspecified atom stereocenters. The maximum Gasteiger partial charge on any atom is 0.313 e. The van der Waals surface area contributed by atoms with E-state index in [2.05, 4.69) is 0 Å². The smallest absolute Gasteiger partial charge is 0.313 e. The number of rotatable bonds is 4. The van der Waals surface area contributed by atoms with Crippen LogP contribution < -0.4 is 0 Å². The molecule has 0 spiro atoms. The van der Waals surface area contributed by atoms with Gasteiger partial charge in [0, 0.05) is 5.66 Å². The van der Waals surface area contributed by atoms with Gasteiger partial charge in [-0.15, -0.1) is 0 Å². The minimum atomic E-state index is -2.07. The van der Waals surface area contributed by atoms with Crippen molar-refractivity contribution in [3.63, 3.8) is 0 Å². The molecule has 84 valence electrons. The van der Waals surface area contributed by atoms with Crippen LogP contribution in [0.25, 0.3) is 0 Å². The minimum Gasteiger partial charge on any atom is -0.438 e. The molecule has 0 aromatic rings. The molecule has 0 saturated heterocycles. The molecule has 1 atom stereocenters. The summed E-state index contributed by atoms with van der Waals surface area (Å²) in [7, 11) is -2.07. The maximum absolute atomic E-state index is 11.2. The summed E-state index contributed by atoms with van der Waals surface area (Å²) in [5.41, 5.74) is -0.565. The molecule has 0 aliphatic heterocycles. The number of hydrogen-bond donors (Lipinski definition) is 0. The molecular formula is C9H19O4P. The Morgan fingerprint density at radius 3 is 2.21 bits per heavy atom. The molecule has 0 radical (unpaired) electrons. The average molecular weight is 222 g/mol. The van der Waals surface area contributed by atoms with E-state index >= 15 is 0 Å². The summed E-state index contributed by atoms with van der Waals surface area (Å²) in [4.78, 5) is 11.2. The molecule has 0 rings (SSSR count). The first-order chi connectivity index (χ1) is 6.25. The third kappa shape index (κ3) is 5.40. The second kappa shape index (κ2) is 5.52. The summed E-state index contributed by atoms with van der Waals surface area (Å²) >= 11 is 0. The van der Waals surface area contributed by atoms with Crippen molar-refractivity contribution in [2.24, 2.45) is 5.41 Å². The summed E-state index contributed by atoms with van der Waals surface area (Å²) in [5.74, 6) is -0.351. The Bertz CT molecular complexity index is 217. The SMILES string of the molecule is CC(C)[PH](=O)OCOC(=O)C(C)(C)C. The fourth-order valence-corrected chi connectivity index (χ4v) is 1.03. The number of carbonyl (C=O) groups excluding carboxylic acids is 1. The molecular weight excluding hydrogens is 203 g/mol. The predicted octanol–water partition coefficient (Wildman–Crippen LogP) is 2.43. The topological polar surface area (TPSA) is 52.6 Å². The second-order valence-corrected chi connectivity index (χ2v) is 6.50. The molecule has 0 saturated carbocycles. The molecule has 0 heterocycles. The van der Waals surface area contributed by atoms with E-state index < -0.39 is 13.4 Å². The highest BCUT2D eigenvalue weighted by atomic mass is 31.1. The Hall–Kier alpha value is -0.340. The summed E-state index contributed by atoms with van der Waals surface area (Å²) in [6, 6.07) is 0. The lowest BCUT2D eigenvalue weighted by atomic mass is 9.98. The van der Waals surface area contributed by atoms with Gasteiger partial charge in [0.2, 0.25) is 0 Å². The predicted molar refractivity (Wildman–Crippen MR) is 55.6 cm³/mol. The van der Waals surface area contributed by atoms with Crippen LogP contribution in [0.1, 0.15) is 34.6 Å². The minimum absolute atomic E-state index is 0.0201. The number of esters is 1. The summed E-state index contributed by atoms with van der Waals surface area (Å²) in [6.07, 6.45) is 0. The molecule has 0 aliphatic carbocycles. The third-order valence-electron chi connectivity index (χ3n) is 1.47. The highest BCUT2D eigenvalue weighted by Gasteiger charge is 2.23. The van der Waals surface area contributed by atoms with E-state index in [0.29, 0.717) is 0 Å². The Morgan fingerprint density at radius 1 is 1.36 bits per heavy atom. The van der Waals surface area contributed by atoms with Crippen LogP contribution in [0.5, 0.6) is 0 Å². The van der Waals surface area contributed by atoms with Crippen molar-refractivity contribution in [1.82, 2.24) is 0 Å². The van der Waals surface area contributed by atoms with Gasteiger partial charge >= 0.3 is 5.97 Å². The molecule has 0 amide bonds. The lowest BCUT2D eigenvalue weighted by Gasteiger charge is -2.16. The van der Waals surface area contributed by atoms with Gasteiger partial charge in [-0.05, 0) is 20.8 Å². The Kier molecular flexibility index (Phi) is 5.38. The molecule has 5 heteroatoms. The van der Waals surface area contributed by atoms with Crippen molar-refractivity contribution in [1.29, 1.82) is 0 Å². The van der Waals surface area contributed by atoms with Gasteiger partial charge in [-0.1, -0.05) is 13.8 Å². The van der Waals surface area contributed by atoms with Crippen LogP contribution in [0.2, 0.25) is 0 Å². The zero-order valence-corrected chi connectivity index (χ0v) is 10.4. The van der Waals surface area contributed by atoms with Gasteiger partial charge in [0.25, 0.3) is 0 Å². The van der Waals surface area contributed by atoms with Crippen molar-refractivity contribution in [3.05, 3.63) is 0 Å². The molecule has 0 fully saturated rings. The van der Waals surface area contributed by atoms with Gasteiger partial charge in [0.15, 0.2) is 14.8 Å². The second-order valence-electron chi connectivity index (χ2n) is 4.42. The van der Waals surface area contributed by atoms with Crippen LogP contribution in [0.3, 0.4) is 0 Å². The van der Waals surface area contributed by atoms with Crippen LogP contribution in [0.15, 0.2) is 0 Å². The van der Waals surface area contributed by atoms with E-state index in [0.717, 1.165) is 0 Å². The van der Waals surface area contributed by atoms with Crippen molar-refractivity contribution in [2.75, 3.05) is 6.79 Å². The maximum atomic E-state index is 11.2. The highest BCUT2D eigenvalue weighted by molar-refractivity contribution is 7.39. The van der Waals surface area contributed by atoms with Gasteiger partial charge in [-0.2, -0.15) is 0 Å². The first kappa shape index (κ1) is 13.7. The number of hydrogen-bond acceptors (Lipinski definition) is 4. The van der Waals surface area contributed by atoms with E-state index in [4.69, 9.17) is 9.26 Å². The zero-order chi connectivity index (χ0) is 11.4.